The van der Waals surface area contributed by atoms with E-state index in [1.807, 2.05) is 25.4 Å². The Kier molecular flexibility index (Phi) is 4.40. The van der Waals surface area contributed by atoms with Crippen LogP contribution in [0.25, 0.3) is 11.1 Å². The minimum absolute atomic E-state index is 0.00279. The van der Waals surface area contributed by atoms with Crippen LogP contribution in [0.4, 0.5) is 0 Å². The topological polar surface area (TPSA) is 64.8 Å². The second kappa shape index (κ2) is 6.49. The first-order valence-corrected chi connectivity index (χ1v) is 7.73. The molecule has 0 bridgehead atoms. The highest BCUT2D eigenvalue weighted by Crippen LogP contribution is 2.36. The Morgan fingerprint density at radius 1 is 1.25 bits per heavy atom. The maximum atomic E-state index is 12.3. The lowest BCUT2D eigenvalue weighted by Gasteiger charge is -2.17. The molecule has 0 saturated heterocycles. The van der Waals surface area contributed by atoms with E-state index in [1.165, 1.54) is 0 Å². The molecule has 2 aromatic rings. The van der Waals surface area contributed by atoms with Gasteiger partial charge < -0.3 is 19.4 Å². The summed E-state index contributed by atoms with van der Waals surface area (Å²) in [6.45, 7) is 1.07. The molecule has 24 heavy (non-hydrogen) atoms. The maximum Gasteiger partial charge on any atom is 0.256 e. The van der Waals surface area contributed by atoms with Crippen LogP contribution in [0.5, 0.6) is 11.5 Å². The predicted octanol–water partition coefficient (Wildman–Crippen LogP) is 1.72. The second-order valence-electron chi connectivity index (χ2n) is 5.71. The molecule has 0 saturated carbocycles. The zero-order valence-corrected chi connectivity index (χ0v) is 14.3. The van der Waals surface area contributed by atoms with Gasteiger partial charge in [0, 0.05) is 48.3 Å². The number of aromatic nitrogens is 1. The second-order valence-corrected chi connectivity index (χ2v) is 5.71. The molecular formula is C18H21N3O3. The summed E-state index contributed by atoms with van der Waals surface area (Å²) in [7, 11) is 6.92. The van der Waals surface area contributed by atoms with Crippen molar-refractivity contribution in [3.63, 3.8) is 0 Å². The molecule has 0 amide bonds. The fourth-order valence-corrected chi connectivity index (χ4v) is 3.06. The van der Waals surface area contributed by atoms with Crippen LogP contribution < -0.4 is 20.3 Å². The lowest BCUT2D eigenvalue weighted by atomic mass is 9.97. The van der Waals surface area contributed by atoms with Gasteiger partial charge in [0.2, 0.25) is 0 Å². The SMILES string of the molecule is CNCc1c(OC)cc(-c2cn(C)c(=O)c3c2C=NC3)cc1OC. The average Bonchev–Trinajstić information content (AvgIpc) is 3.08. The molecule has 0 aliphatic carbocycles. The lowest BCUT2D eigenvalue weighted by molar-refractivity contribution is 0.384. The number of fused-ring (bicyclic) bond motifs is 1. The molecule has 2 heterocycles. The van der Waals surface area contributed by atoms with Gasteiger partial charge in [0.15, 0.2) is 0 Å². The number of hydrogen-bond donors (Lipinski definition) is 1. The van der Waals surface area contributed by atoms with Crippen LogP contribution in [0.15, 0.2) is 28.1 Å². The summed E-state index contributed by atoms with van der Waals surface area (Å²) < 4.78 is 12.7. The van der Waals surface area contributed by atoms with E-state index in [-0.39, 0.29) is 5.56 Å². The fourth-order valence-electron chi connectivity index (χ4n) is 3.06. The third kappa shape index (κ3) is 2.59. The van der Waals surface area contributed by atoms with E-state index >= 15 is 0 Å². The first-order chi connectivity index (χ1) is 11.6. The van der Waals surface area contributed by atoms with Crippen LogP contribution >= 0.6 is 0 Å². The number of methoxy groups -OCH3 is 2. The quantitative estimate of drug-likeness (QED) is 0.908. The summed E-state index contributed by atoms with van der Waals surface area (Å²) in [5, 5.41) is 3.12. The molecule has 0 atom stereocenters. The predicted molar refractivity (Wildman–Crippen MR) is 94.3 cm³/mol. The molecule has 0 fully saturated rings. The van der Waals surface area contributed by atoms with Gasteiger partial charge in [0.1, 0.15) is 11.5 Å². The van der Waals surface area contributed by atoms with Crippen molar-refractivity contribution in [3.8, 4) is 22.6 Å². The summed E-state index contributed by atoms with van der Waals surface area (Å²) in [4.78, 5) is 16.5. The van der Waals surface area contributed by atoms with Gasteiger partial charge in [-0.25, -0.2) is 0 Å². The van der Waals surface area contributed by atoms with Crippen molar-refractivity contribution in [2.45, 2.75) is 13.1 Å². The summed E-state index contributed by atoms with van der Waals surface area (Å²) in [5.74, 6) is 1.49. The molecule has 126 valence electrons. The summed E-state index contributed by atoms with van der Waals surface area (Å²) in [6.07, 6.45) is 3.61. The standard InChI is InChI=1S/C18H21N3O3/c1-19-7-14-16(23-3)5-11(6-17(14)24-4)15-10-21(2)18(22)13-9-20-8-12(13)15/h5-6,8,10,19H,7,9H2,1-4H3. The molecule has 1 aliphatic rings. The van der Waals surface area contributed by atoms with Crippen LogP contribution in [0.3, 0.4) is 0 Å². The molecule has 1 aromatic heterocycles. The van der Waals surface area contributed by atoms with Gasteiger partial charge in [-0.1, -0.05) is 0 Å². The number of aliphatic imine (C=N–C) groups is 1. The minimum atomic E-state index is -0.00279. The van der Waals surface area contributed by atoms with E-state index in [1.54, 1.807) is 32.0 Å². The molecule has 0 unspecified atom stereocenters. The van der Waals surface area contributed by atoms with E-state index in [0.29, 0.717) is 13.1 Å². The Labute approximate surface area is 140 Å². The molecule has 1 N–H and O–H groups in total. The van der Waals surface area contributed by atoms with Gasteiger partial charge in [-0.2, -0.15) is 0 Å². The molecule has 6 nitrogen and oxygen atoms in total. The van der Waals surface area contributed by atoms with Crippen molar-refractivity contribution >= 4 is 6.21 Å². The summed E-state index contributed by atoms with van der Waals surface area (Å²) in [6, 6.07) is 3.95. The number of ether oxygens (including phenoxy) is 2. The van der Waals surface area contributed by atoms with Gasteiger partial charge in [0.25, 0.3) is 5.56 Å². The highest BCUT2D eigenvalue weighted by atomic mass is 16.5. The van der Waals surface area contributed by atoms with Crippen LogP contribution in [-0.2, 0) is 20.1 Å². The van der Waals surface area contributed by atoms with Gasteiger partial charge in [0.05, 0.1) is 20.8 Å². The highest BCUT2D eigenvalue weighted by molar-refractivity contribution is 5.94. The Hall–Kier alpha value is -2.60. The number of nitrogens with zero attached hydrogens (tertiary/aromatic N) is 2. The monoisotopic (exact) mass is 327 g/mol. The first kappa shape index (κ1) is 16.3. The van der Waals surface area contributed by atoms with Gasteiger partial charge in [-0.05, 0) is 24.7 Å². The van der Waals surface area contributed by atoms with Crippen molar-refractivity contribution in [2.75, 3.05) is 21.3 Å². The summed E-state index contributed by atoms with van der Waals surface area (Å²) >= 11 is 0. The third-order valence-corrected chi connectivity index (χ3v) is 4.26. The minimum Gasteiger partial charge on any atom is -0.496 e. The number of rotatable bonds is 5. The van der Waals surface area contributed by atoms with Gasteiger partial charge in [-0.15, -0.1) is 0 Å². The Morgan fingerprint density at radius 3 is 2.50 bits per heavy atom. The van der Waals surface area contributed by atoms with Crippen LogP contribution in [0.2, 0.25) is 0 Å². The number of nitrogens with one attached hydrogen (secondary N) is 1. The Balaban J connectivity index is 2.24. The fraction of sp³-hybridized carbons (Fsp3) is 0.333. The maximum absolute atomic E-state index is 12.3. The van der Waals surface area contributed by atoms with Crippen molar-refractivity contribution in [3.05, 3.63) is 45.4 Å². The first-order valence-electron chi connectivity index (χ1n) is 7.73. The zero-order valence-electron chi connectivity index (χ0n) is 14.3. The highest BCUT2D eigenvalue weighted by Gasteiger charge is 2.20. The van der Waals surface area contributed by atoms with E-state index in [4.69, 9.17) is 9.47 Å². The molecule has 0 spiro atoms. The van der Waals surface area contributed by atoms with Crippen molar-refractivity contribution < 1.29 is 9.47 Å². The molecule has 6 heteroatoms. The van der Waals surface area contributed by atoms with Crippen molar-refractivity contribution in [1.29, 1.82) is 0 Å². The Morgan fingerprint density at radius 2 is 1.92 bits per heavy atom. The molecule has 0 radical (unpaired) electrons. The van der Waals surface area contributed by atoms with Crippen LogP contribution in [-0.4, -0.2) is 32.0 Å². The lowest BCUT2D eigenvalue weighted by Crippen LogP contribution is -2.21. The molecule has 1 aliphatic heterocycles. The van der Waals surface area contributed by atoms with E-state index in [0.717, 1.165) is 39.3 Å². The number of hydrogen-bond acceptors (Lipinski definition) is 5. The number of pyridine rings is 1. The number of benzene rings is 1. The average molecular weight is 327 g/mol. The van der Waals surface area contributed by atoms with Gasteiger partial charge in [-0.3, -0.25) is 9.79 Å². The smallest absolute Gasteiger partial charge is 0.256 e. The molecule has 3 rings (SSSR count). The zero-order chi connectivity index (χ0) is 17.3. The van der Waals surface area contributed by atoms with Crippen molar-refractivity contribution in [2.24, 2.45) is 12.0 Å². The third-order valence-electron chi connectivity index (χ3n) is 4.26. The largest absolute Gasteiger partial charge is 0.496 e. The van der Waals surface area contributed by atoms with Crippen LogP contribution in [0, 0.1) is 0 Å². The van der Waals surface area contributed by atoms with Gasteiger partial charge >= 0.3 is 0 Å². The Bertz CT molecular complexity index is 844. The number of aryl methyl sites for hydroxylation is 1. The van der Waals surface area contributed by atoms with E-state index < -0.39 is 0 Å². The van der Waals surface area contributed by atoms with Crippen molar-refractivity contribution in [1.82, 2.24) is 9.88 Å². The van der Waals surface area contributed by atoms with Crippen LogP contribution in [0.1, 0.15) is 16.7 Å². The molecular weight excluding hydrogens is 306 g/mol. The van der Waals surface area contributed by atoms with E-state index in [2.05, 4.69) is 10.3 Å². The van der Waals surface area contributed by atoms with E-state index in [9.17, 15) is 4.79 Å². The summed E-state index contributed by atoms with van der Waals surface area (Å²) in [5.41, 5.74) is 4.44. The molecule has 1 aromatic carbocycles. The normalized spacial score (nSPS) is 12.3.